The first-order valence-corrected chi connectivity index (χ1v) is 10.8. The van der Waals surface area contributed by atoms with Crippen LogP contribution in [0.4, 0.5) is 0 Å². The first kappa shape index (κ1) is 20.3. The summed E-state index contributed by atoms with van der Waals surface area (Å²) in [6, 6.07) is 6.35. The highest BCUT2D eigenvalue weighted by Crippen LogP contribution is 2.49. The summed E-state index contributed by atoms with van der Waals surface area (Å²) >= 11 is 0. The van der Waals surface area contributed by atoms with Gasteiger partial charge in [0.05, 0.1) is 19.8 Å². The number of ether oxygens (including phenoxy) is 3. The van der Waals surface area contributed by atoms with Crippen LogP contribution in [-0.4, -0.2) is 69.1 Å². The summed E-state index contributed by atoms with van der Waals surface area (Å²) in [6.07, 6.45) is 2.36. The van der Waals surface area contributed by atoms with Crippen LogP contribution in [0.15, 0.2) is 23.2 Å². The van der Waals surface area contributed by atoms with Crippen LogP contribution in [0.3, 0.4) is 0 Å². The number of aliphatic imine (C=N–C) groups is 1. The summed E-state index contributed by atoms with van der Waals surface area (Å²) in [5, 5.41) is 6.99. The number of fused-ring (bicyclic) bond motifs is 1. The van der Waals surface area contributed by atoms with Crippen LogP contribution < -0.4 is 20.1 Å². The standard InChI is InChI=1S/C22H34N4O3/c1-4-23-20(24-14-21(2,3)26-9-11-27-12-10-26)25-15-22(7-8-22)17-5-6-18-19(13-17)29-16-28-18/h5-6,13H,4,7-12,14-16H2,1-3H3,(H2,23,24,25). The molecular formula is C22H34N4O3. The molecule has 7 heteroatoms. The minimum atomic E-state index is 0.0146. The first-order valence-electron chi connectivity index (χ1n) is 10.8. The molecule has 1 aromatic rings. The minimum Gasteiger partial charge on any atom is -0.454 e. The van der Waals surface area contributed by atoms with E-state index in [0.29, 0.717) is 6.79 Å². The van der Waals surface area contributed by atoms with Crippen molar-refractivity contribution in [3.8, 4) is 11.5 Å². The van der Waals surface area contributed by atoms with Gasteiger partial charge in [-0.05, 0) is 51.3 Å². The molecule has 2 aliphatic heterocycles. The Kier molecular flexibility index (Phi) is 5.88. The highest BCUT2D eigenvalue weighted by molar-refractivity contribution is 5.80. The average Bonchev–Trinajstić information content (AvgIpc) is 3.38. The topological polar surface area (TPSA) is 67.4 Å². The number of hydrogen-bond donors (Lipinski definition) is 2. The number of guanidine groups is 1. The lowest BCUT2D eigenvalue weighted by Crippen LogP contribution is -2.52. The lowest BCUT2D eigenvalue weighted by Gasteiger charge is -2.40. The fourth-order valence-electron chi connectivity index (χ4n) is 4.08. The van der Waals surface area contributed by atoms with E-state index in [9.17, 15) is 0 Å². The second-order valence-corrected chi connectivity index (χ2v) is 8.81. The molecule has 7 nitrogen and oxygen atoms in total. The first-order chi connectivity index (χ1) is 14.0. The fraction of sp³-hybridized carbons (Fsp3) is 0.682. The number of benzene rings is 1. The number of nitrogens with one attached hydrogen (secondary N) is 2. The molecule has 0 spiro atoms. The molecule has 2 N–H and O–H groups in total. The number of morpholine rings is 1. The molecule has 0 amide bonds. The van der Waals surface area contributed by atoms with Crippen LogP contribution in [0, 0.1) is 0 Å². The Hall–Kier alpha value is -1.99. The molecule has 1 saturated heterocycles. The van der Waals surface area contributed by atoms with Crippen molar-refractivity contribution in [1.82, 2.24) is 15.5 Å². The molecule has 2 fully saturated rings. The lowest BCUT2D eigenvalue weighted by atomic mass is 9.95. The van der Waals surface area contributed by atoms with Crippen molar-refractivity contribution in [1.29, 1.82) is 0 Å². The van der Waals surface area contributed by atoms with E-state index in [1.54, 1.807) is 0 Å². The number of nitrogens with zero attached hydrogens (tertiary/aromatic N) is 2. The Morgan fingerprint density at radius 2 is 1.90 bits per heavy atom. The minimum absolute atomic E-state index is 0.0146. The van der Waals surface area contributed by atoms with Gasteiger partial charge in [-0.15, -0.1) is 0 Å². The van der Waals surface area contributed by atoms with Crippen LogP contribution in [0.2, 0.25) is 0 Å². The van der Waals surface area contributed by atoms with E-state index in [1.165, 1.54) is 18.4 Å². The van der Waals surface area contributed by atoms with E-state index in [4.69, 9.17) is 19.2 Å². The maximum absolute atomic E-state index is 5.57. The molecule has 0 bridgehead atoms. The average molecular weight is 403 g/mol. The molecule has 29 heavy (non-hydrogen) atoms. The summed E-state index contributed by atoms with van der Waals surface area (Å²) in [4.78, 5) is 7.38. The van der Waals surface area contributed by atoms with Crippen LogP contribution >= 0.6 is 0 Å². The fourth-order valence-corrected chi connectivity index (χ4v) is 4.08. The van der Waals surface area contributed by atoms with E-state index < -0.39 is 0 Å². The Balaban J connectivity index is 1.38. The van der Waals surface area contributed by atoms with Gasteiger partial charge < -0.3 is 24.8 Å². The van der Waals surface area contributed by atoms with E-state index in [0.717, 1.165) is 63.4 Å². The van der Waals surface area contributed by atoms with Crippen molar-refractivity contribution in [2.75, 3.05) is 52.7 Å². The Morgan fingerprint density at radius 1 is 1.14 bits per heavy atom. The second-order valence-electron chi connectivity index (χ2n) is 8.81. The normalized spacial score (nSPS) is 21.1. The van der Waals surface area contributed by atoms with Gasteiger partial charge in [-0.3, -0.25) is 9.89 Å². The zero-order chi connectivity index (χ0) is 20.3. The van der Waals surface area contributed by atoms with Crippen LogP contribution in [0.25, 0.3) is 0 Å². The predicted molar refractivity (Wildman–Crippen MR) is 114 cm³/mol. The summed E-state index contributed by atoms with van der Waals surface area (Å²) < 4.78 is 16.5. The van der Waals surface area contributed by atoms with Gasteiger partial charge in [-0.2, -0.15) is 0 Å². The summed E-state index contributed by atoms with van der Waals surface area (Å²) in [5.41, 5.74) is 1.50. The van der Waals surface area contributed by atoms with Gasteiger partial charge in [0.1, 0.15) is 0 Å². The van der Waals surface area contributed by atoms with E-state index in [2.05, 4.69) is 48.4 Å². The molecule has 0 radical (unpaired) electrons. The van der Waals surface area contributed by atoms with Gasteiger partial charge >= 0.3 is 0 Å². The van der Waals surface area contributed by atoms with Crippen molar-refractivity contribution in [3.05, 3.63) is 23.8 Å². The third-order valence-electron chi connectivity index (χ3n) is 6.27. The molecule has 2 heterocycles. The van der Waals surface area contributed by atoms with E-state index in [1.807, 2.05) is 6.07 Å². The van der Waals surface area contributed by atoms with E-state index in [-0.39, 0.29) is 11.0 Å². The Morgan fingerprint density at radius 3 is 2.62 bits per heavy atom. The zero-order valence-corrected chi connectivity index (χ0v) is 17.9. The van der Waals surface area contributed by atoms with Gasteiger partial charge in [0.15, 0.2) is 17.5 Å². The smallest absolute Gasteiger partial charge is 0.231 e. The molecule has 1 aliphatic carbocycles. The maximum atomic E-state index is 5.57. The third-order valence-corrected chi connectivity index (χ3v) is 6.27. The van der Waals surface area contributed by atoms with Crippen molar-refractivity contribution < 1.29 is 14.2 Å². The Labute approximate surface area is 173 Å². The maximum Gasteiger partial charge on any atom is 0.231 e. The number of hydrogen-bond acceptors (Lipinski definition) is 5. The molecular weight excluding hydrogens is 368 g/mol. The zero-order valence-electron chi connectivity index (χ0n) is 17.9. The summed E-state index contributed by atoms with van der Waals surface area (Å²) in [5.74, 6) is 2.60. The highest BCUT2D eigenvalue weighted by atomic mass is 16.7. The van der Waals surface area contributed by atoms with Crippen molar-refractivity contribution in [2.24, 2.45) is 4.99 Å². The number of rotatable bonds is 7. The largest absolute Gasteiger partial charge is 0.454 e. The van der Waals surface area contributed by atoms with Gasteiger partial charge in [-0.25, -0.2) is 0 Å². The van der Waals surface area contributed by atoms with Gasteiger partial charge in [0, 0.05) is 37.1 Å². The lowest BCUT2D eigenvalue weighted by molar-refractivity contribution is -0.00683. The molecule has 0 atom stereocenters. The Bertz CT molecular complexity index is 740. The van der Waals surface area contributed by atoms with Crippen LogP contribution in [0.5, 0.6) is 11.5 Å². The summed E-state index contributed by atoms with van der Waals surface area (Å²) in [7, 11) is 0. The van der Waals surface area contributed by atoms with Crippen LogP contribution in [0.1, 0.15) is 39.2 Å². The van der Waals surface area contributed by atoms with Crippen molar-refractivity contribution in [2.45, 2.75) is 44.6 Å². The quantitative estimate of drug-likeness (QED) is 0.538. The van der Waals surface area contributed by atoms with Crippen molar-refractivity contribution >= 4 is 5.96 Å². The van der Waals surface area contributed by atoms with Gasteiger partial charge in [-0.1, -0.05) is 6.07 Å². The van der Waals surface area contributed by atoms with Gasteiger partial charge in [0.25, 0.3) is 0 Å². The molecule has 0 aromatic heterocycles. The third kappa shape index (κ3) is 4.61. The molecule has 3 aliphatic rings. The molecule has 0 unspecified atom stereocenters. The highest BCUT2D eigenvalue weighted by Gasteiger charge is 2.45. The van der Waals surface area contributed by atoms with Crippen molar-refractivity contribution in [3.63, 3.8) is 0 Å². The molecule has 160 valence electrons. The SMILES string of the molecule is CCNC(=NCC(C)(C)N1CCOCC1)NCC1(c2ccc3c(c2)OCO3)CC1. The second kappa shape index (κ2) is 8.40. The van der Waals surface area contributed by atoms with E-state index >= 15 is 0 Å². The monoisotopic (exact) mass is 402 g/mol. The molecule has 1 saturated carbocycles. The predicted octanol–water partition coefficient (Wildman–Crippen LogP) is 2.11. The van der Waals surface area contributed by atoms with Crippen LogP contribution in [-0.2, 0) is 10.2 Å². The summed E-state index contributed by atoms with van der Waals surface area (Å²) in [6.45, 7) is 13.0. The molecule has 1 aromatic carbocycles. The van der Waals surface area contributed by atoms with Gasteiger partial charge in [0.2, 0.25) is 6.79 Å². The molecule has 4 rings (SSSR count).